The number of rotatable bonds is 5. The Morgan fingerprint density at radius 3 is 2.15 bits per heavy atom. The van der Waals surface area contributed by atoms with Crippen LogP contribution in [0.3, 0.4) is 0 Å². The summed E-state index contributed by atoms with van der Waals surface area (Å²) >= 11 is 0. The monoisotopic (exact) mass is 367 g/mol. The average molecular weight is 367 g/mol. The van der Waals surface area contributed by atoms with Crippen molar-refractivity contribution in [2.24, 2.45) is 5.92 Å². The lowest BCUT2D eigenvalue weighted by molar-refractivity contribution is -0.119. The predicted molar refractivity (Wildman–Crippen MR) is 103 cm³/mol. The molecular weight excluding hydrogens is 346 g/mol. The van der Waals surface area contributed by atoms with Crippen LogP contribution >= 0.6 is 0 Å². The number of ether oxygens (including phenoxy) is 1. The Morgan fingerprint density at radius 1 is 0.963 bits per heavy atom. The average Bonchev–Trinajstić information content (AvgIpc) is 3.53. The standard InChI is InChI=1S/C20H21N3O4/c1-23(19(25)13-7-8-13)17-6-4-3-5-16(17)18(24)21-14-9-11-15(12-10-14)22-20(26)27-2/h3-6,9-13H,7-8H2,1-2H3,(H,21,24)(H,22,26). The number of methoxy groups -OCH3 is 1. The molecule has 1 aliphatic carbocycles. The molecule has 7 nitrogen and oxygen atoms in total. The Labute approximate surface area is 157 Å². The summed E-state index contributed by atoms with van der Waals surface area (Å²) in [5, 5.41) is 5.35. The quantitative estimate of drug-likeness (QED) is 0.847. The van der Waals surface area contributed by atoms with Gasteiger partial charge in [0.1, 0.15) is 0 Å². The first-order valence-corrected chi connectivity index (χ1v) is 8.62. The van der Waals surface area contributed by atoms with E-state index in [1.165, 1.54) is 7.11 Å². The number of para-hydroxylation sites is 1. The number of anilines is 3. The summed E-state index contributed by atoms with van der Waals surface area (Å²) in [6.07, 6.45) is 1.25. The normalized spacial score (nSPS) is 12.8. The summed E-state index contributed by atoms with van der Waals surface area (Å²) in [6.45, 7) is 0. The highest BCUT2D eigenvalue weighted by Crippen LogP contribution is 2.33. The smallest absolute Gasteiger partial charge is 0.411 e. The topological polar surface area (TPSA) is 87.7 Å². The maximum atomic E-state index is 12.7. The van der Waals surface area contributed by atoms with Gasteiger partial charge in [0.2, 0.25) is 5.91 Å². The van der Waals surface area contributed by atoms with Crippen molar-refractivity contribution in [3.05, 3.63) is 54.1 Å². The summed E-state index contributed by atoms with van der Waals surface area (Å²) in [5.41, 5.74) is 2.12. The molecule has 1 fully saturated rings. The van der Waals surface area contributed by atoms with Gasteiger partial charge in [-0.3, -0.25) is 14.9 Å². The molecule has 0 saturated heterocycles. The zero-order chi connectivity index (χ0) is 19.4. The second kappa shape index (κ2) is 7.90. The first-order valence-electron chi connectivity index (χ1n) is 8.62. The Bertz CT molecular complexity index is 860. The molecule has 0 unspecified atom stereocenters. The lowest BCUT2D eigenvalue weighted by atomic mass is 10.1. The number of amides is 3. The van der Waals surface area contributed by atoms with Gasteiger partial charge < -0.3 is 15.0 Å². The number of benzene rings is 2. The van der Waals surface area contributed by atoms with Crippen LogP contribution in [0, 0.1) is 5.92 Å². The van der Waals surface area contributed by atoms with Crippen LogP contribution in [-0.2, 0) is 9.53 Å². The summed E-state index contributed by atoms with van der Waals surface area (Å²) in [4.78, 5) is 37.8. The van der Waals surface area contributed by atoms with Gasteiger partial charge in [0.25, 0.3) is 5.91 Å². The Kier molecular flexibility index (Phi) is 5.40. The zero-order valence-electron chi connectivity index (χ0n) is 15.2. The van der Waals surface area contributed by atoms with Gasteiger partial charge in [0, 0.05) is 24.3 Å². The fourth-order valence-electron chi connectivity index (χ4n) is 2.69. The summed E-state index contributed by atoms with van der Waals surface area (Å²) < 4.78 is 4.53. The van der Waals surface area contributed by atoms with E-state index in [1.807, 2.05) is 0 Å². The largest absolute Gasteiger partial charge is 0.453 e. The summed E-state index contributed by atoms with van der Waals surface area (Å²) in [7, 11) is 2.98. The summed E-state index contributed by atoms with van der Waals surface area (Å²) in [5.74, 6) is -0.204. The van der Waals surface area contributed by atoms with Gasteiger partial charge in [0.05, 0.1) is 18.4 Å². The highest BCUT2D eigenvalue weighted by Gasteiger charge is 2.33. The van der Waals surface area contributed by atoms with E-state index in [-0.39, 0.29) is 17.7 Å². The minimum Gasteiger partial charge on any atom is -0.453 e. The van der Waals surface area contributed by atoms with E-state index in [1.54, 1.807) is 60.5 Å². The molecule has 2 aromatic rings. The van der Waals surface area contributed by atoms with Gasteiger partial charge in [-0.05, 0) is 49.2 Å². The highest BCUT2D eigenvalue weighted by atomic mass is 16.5. The number of hydrogen-bond acceptors (Lipinski definition) is 4. The molecule has 140 valence electrons. The van der Waals surface area contributed by atoms with Crippen molar-refractivity contribution in [1.82, 2.24) is 0 Å². The molecule has 0 heterocycles. The second-order valence-corrected chi connectivity index (χ2v) is 6.34. The van der Waals surface area contributed by atoms with Crippen LogP contribution in [-0.4, -0.2) is 32.1 Å². The molecule has 2 N–H and O–H groups in total. The molecule has 27 heavy (non-hydrogen) atoms. The van der Waals surface area contributed by atoms with E-state index in [2.05, 4.69) is 15.4 Å². The Morgan fingerprint density at radius 2 is 1.56 bits per heavy atom. The molecule has 0 spiro atoms. The molecule has 2 aromatic carbocycles. The minimum absolute atomic E-state index is 0.0356. The molecular formula is C20H21N3O4. The zero-order valence-corrected chi connectivity index (χ0v) is 15.2. The fourth-order valence-corrected chi connectivity index (χ4v) is 2.69. The van der Waals surface area contributed by atoms with Gasteiger partial charge in [-0.15, -0.1) is 0 Å². The van der Waals surface area contributed by atoms with Crippen LogP contribution in [0.4, 0.5) is 21.9 Å². The van der Waals surface area contributed by atoms with Crippen LogP contribution in [0.2, 0.25) is 0 Å². The number of carbonyl (C=O) groups is 3. The van der Waals surface area contributed by atoms with Crippen LogP contribution < -0.4 is 15.5 Å². The number of nitrogens with zero attached hydrogens (tertiary/aromatic N) is 1. The molecule has 0 bridgehead atoms. The SMILES string of the molecule is COC(=O)Nc1ccc(NC(=O)c2ccccc2N(C)C(=O)C2CC2)cc1. The number of carbonyl (C=O) groups excluding carboxylic acids is 3. The van der Waals surface area contributed by atoms with Crippen molar-refractivity contribution in [1.29, 1.82) is 0 Å². The van der Waals surface area contributed by atoms with Crippen LogP contribution in [0.5, 0.6) is 0 Å². The van der Waals surface area contributed by atoms with E-state index in [9.17, 15) is 14.4 Å². The second-order valence-electron chi connectivity index (χ2n) is 6.34. The van der Waals surface area contributed by atoms with Crippen LogP contribution in [0.1, 0.15) is 23.2 Å². The highest BCUT2D eigenvalue weighted by molar-refractivity contribution is 6.11. The van der Waals surface area contributed by atoms with Gasteiger partial charge in [-0.25, -0.2) is 4.79 Å². The first kappa shape index (κ1) is 18.4. The van der Waals surface area contributed by atoms with E-state index < -0.39 is 6.09 Å². The Balaban J connectivity index is 1.73. The van der Waals surface area contributed by atoms with Gasteiger partial charge >= 0.3 is 6.09 Å². The van der Waals surface area contributed by atoms with Crippen molar-refractivity contribution >= 4 is 35.0 Å². The Hall–Kier alpha value is -3.35. The van der Waals surface area contributed by atoms with E-state index >= 15 is 0 Å². The molecule has 1 aliphatic rings. The van der Waals surface area contributed by atoms with Crippen molar-refractivity contribution < 1.29 is 19.1 Å². The molecule has 0 atom stereocenters. The fraction of sp³-hybridized carbons (Fsp3) is 0.250. The van der Waals surface area contributed by atoms with E-state index in [4.69, 9.17) is 0 Å². The molecule has 3 amide bonds. The first-order chi connectivity index (χ1) is 13.0. The number of hydrogen-bond donors (Lipinski definition) is 2. The van der Waals surface area contributed by atoms with Crippen LogP contribution in [0.15, 0.2) is 48.5 Å². The maximum Gasteiger partial charge on any atom is 0.411 e. The minimum atomic E-state index is -0.566. The predicted octanol–water partition coefficient (Wildman–Crippen LogP) is 3.49. The third kappa shape index (κ3) is 4.44. The molecule has 0 aliphatic heterocycles. The van der Waals surface area contributed by atoms with Crippen LogP contribution in [0.25, 0.3) is 0 Å². The van der Waals surface area contributed by atoms with Gasteiger partial charge in [-0.2, -0.15) is 0 Å². The van der Waals surface area contributed by atoms with Crippen molar-refractivity contribution in [2.75, 3.05) is 29.7 Å². The molecule has 0 aromatic heterocycles. The van der Waals surface area contributed by atoms with Crippen molar-refractivity contribution in [3.8, 4) is 0 Å². The molecule has 7 heteroatoms. The van der Waals surface area contributed by atoms with E-state index in [0.717, 1.165) is 12.8 Å². The summed E-state index contributed by atoms with van der Waals surface area (Å²) in [6, 6.07) is 13.7. The van der Waals surface area contributed by atoms with Gasteiger partial charge in [0.15, 0.2) is 0 Å². The van der Waals surface area contributed by atoms with Gasteiger partial charge in [-0.1, -0.05) is 12.1 Å². The number of nitrogens with one attached hydrogen (secondary N) is 2. The lowest BCUT2D eigenvalue weighted by Gasteiger charge is -2.20. The third-order valence-electron chi connectivity index (χ3n) is 4.34. The molecule has 1 saturated carbocycles. The molecule has 0 radical (unpaired) electrons. The van der Waals surface area contributed by atoms with Crippen molar-refractivity contribution in [3.63, 3.8) is 0 Å². The maximum absolute atomic E-state index is 12.7. The molecule has 3 rings (SSSR count). The third-order valence-corrected chi connectivity index (χ3v) is 4.34. The lowest BCUT2D eigenvalue weighted by Crippen LogP contribution is -2.29. The van der Waals surface area contributed by atoms with Crippen molar-refractivity contribution in [2.45, 2.75) is 12.8 Å². The van der Waals surface area contributed by atoms with E-state index in [0.29, 0.717) is 22.6 Å².